The van der Waals surface area contributed by atoms with Crippen molar-refractivity contribution in [3.63, 3.8) is 0 Å². The number of fused-ring (bicyclic) bond motifs is 1. The fraction of sp³-hybridized carbons (Fsp3) is 0.360. The summed E-state index contributed by atoms with van der Waals surface area (Å²) >= 11 is 0. The molecule has 3 aromatic rings. The fourth-order valence-electron chi connectivity index (χ4n) is 4.43. The van der Waals surface area contributed by atoms with Crippen molar-refractivity contribution in [1.82, 2.24) is 14.3 Å². The molecule has 178 valence electrons. The van der Waals surface area contributed by atoms with Crippen LogP contribution in [0.1, 0.15) is 28.8 Å². The fourth-order valence-corrected chi connectivity index (χ4v) is 6.08. The molecule has 4 rings (SSSR count). The molecular formula is C25H29N5O3S. The van der Waals surface area contributed by atoms with Gasteiger partial charge in [0.25, 0.3) is 0 Å². The summed E-state index contributed by atoms with van der Waals surface area (Å²) in [5.41, 5.74) is 4.20. The van der Waals surface area contributed by atoms with Crippen molar-refractivity contribution >= 4 is 15.7 Å². The Balaban J connectivity index is 1.75. The number of nitriles is 1. The van der Waals surface area contributed by atoms with Crippen LogP contribution in [0.15, 0.2) is 61.1 Å². The number of nitrogens with zero attached hydrogens (tertiary/aromatic N) is 4. The summed E-state index contributed by atoms with van der Waals surface area (Å²) < 4.78 is 33.9. The van der Waals surface area contributed by atoms with Gasteiger partial charge in [-0.3, -0.25) is 0 Å². The van der Waals surface area contributed by atoms with Gasteiger partial charge in [0.2, 0.25) is 10.0 Å². The molecule has 8 nitrogen and oxygen atoms in total. The number of H-pyrrole nitrogens is 1. The monoisotopic (exact) mass is 479 g/mol. The van der Waals surface area contributed by atoms with Crippen LogP contribution < -0.4 is 4.90 Å². The van der Waals surface area contributed by atoms with Gasteiger partial charge in [0.05, 0.1) is 36.0 Å². The van der Waals surface area contributed by atoms with E-state index in [2.05, 4.69) is 20.9 Å². The number of ether oxygens (including phenoxy) is 1. The largest absolute Gasteiger partial charge is 0.385 e. The predicted molar refractivity (Wildman–Crippen MR) is 131 cm³/mol. The first-order valence-electron chi connectivity index (χ1n) is 11.3. The number of sulfonamides is 1. The van der Waals surface area contributed by atoms with Gasteiger partial charge in [-0.05, 0) is 42.2 Å². The molecule has 0 fully saturated rings. The first-order chi connectivity index (χ1) is 16.5. The van der Waals surface area contributed by atoms with E-state index < -0.39 is 10.0 Å². The summed E-state index contributed by atoms with van der Waals surface area (Å²) in [5.74, 6) is 0.0127. The molecule has 2 heterocycles. The molecule has 34 heavy (non-hydrogen) atoms. The van der Waals surface area contributed by atoms with E-state index in [1.807, 2.05) is 42.6 Å². The quantitative estimate of drug-likeness (QED) is 0.473. The van der Waals surface area contributed by atoms with E-state index in [0.717, 1.165) is 22.5 Å². The topological polar surface area (TPSA) is 102 Å². The van der Waals surface area contributed by atoms with Crippen LogP contribution in [0, 0.1) is 11.3 Å². The molecule has 1 aliphatic rings. The van der Waals surface area contributed by atoms with Gasteiger partial charge in [0, 0.05) is 44.7 Å². The van der Waals surface area contributed by atoms with E-state index in [4.69, 9.17) is 4.74 Å². The highest BCUT2D eigenvalue weighted by Gasteiger charge is 2.35. The zero-order chi connectivity index (χ0) is 24.0. The van der Waals surface area contributed by atoms with Gasteiger partial charge >= 0.3 is 0 Å². The molecule has 0 spiro atoms. The molecule has 0 radical (unpaired) electrons. The maximum Gasteiger partial charge on any atom is 0.214 e. The molecule has 1 aromatic heterocycles. The normalized spacial score (nSPS) is 16.6. The first-order valence-corrected chi connectivity index (χ1v) is 12.9. The van der Waals surface area contributed by atoms with Crippen LogP contribution in [0.5, 0.6) is 0 Å². The summed E-state index contributed by atoms with van der Waals surface area (Å²) in [6.07, 6.45) is 4.50. The Bertz CT molecular complexity index is 1220. The Morgan fingerprint density at radius 1 is 1.24 bits per heavy atom. The molecule has 0 amide bonds. The molecule has 1 atom stereocenters. The molecule has 2 aromatic carbocycles. The average molecular weight is 480 g/mol. The Labute approximate surface area is 200 Å². The molecule has 0 saturated heterocycles. The molecule has 1 unspecified atom stereocenters. The van der Waals surface area contributed by atoms with Gasteiger partial charge in [-0.15, -0.1) is 0 Å². The Kier molecular flexibility index (Phi) is 7.63. The number of hydrogen-bond acceptors (Lipinski definition) is 6. The van der Waals surface area contributed by atoms with Crippen molar-refractivity contribution in [3.05, 3.63) is 83.4 Å². The molecule has 0 saturated carbocycles. The molecular weight excluding hydrogens is 450 g/mol. The second kappa shape index (κ2) is 10.8. The van der Waals surface area contributed by atoms with Crippen LogP contribution in [-0.2, 0) is 34.3 Å². The Morgan fingerprint density at radius 2 is 2.06 bits per heavy atom. The molecule has 1 aliphatic heterocycles. The van der Waals surface area contributed by atoms with Crippen molar-refractivity contribution in [2.75, 3.05) is 30.9 Å². The van der Waals surface area contributed by atoms with Crippen molar-refractivity contribution in [3.8, 4) is 6.07 Å². The van der Waals surface area contributed by atoms with Crippen molar-refractivity contribution < 1.29 is 13.2 Å². The number of aromatic nitrogens is 2. The lowest BCUT2D eigenvalue weighted by atomic mass is 10.1. The van der Waals surface area contributed by atoms with Crippen LogP contribution in [0.25, 0.3) is 0 Å². The number of nitrogens with one attached hydrogen (secondary N) is 1. The zero-order valence-electron chi connectivity index (χ0n) is 19.2. The van der Waals surface area contributed by atoms with E-state index in [-0.39, 0.29) is 18.3 Å². The van der Waals surface area contributed by atoms with E-state index in [1.165, 1.54) is 0 Å². The number of aromatic amines is 1. The van der Waals surface area contributed by atoms with E-state index in [9.17, 15) is 13.7 Å². The lowest BCUT2D eigenvalue weighted by molar-refractivity contribution is 0.198. The minimum Gasteiger partial charge on any atom is -0.385 e. The molecule has 9 heteroatoms. The van der Waals surface area contributed by atoms with Crippen LogP contribution in [0.4, 0.5) is 5.69 Å². The van der Waals surface area contributed by atoms with Crippen LogP contribution >= 0.6 is 0 Å². The third-order valence-electron chi connectivity index (χ3n) is 6.04. The third kappa shape index (κ3) is 5.65. The lowest BCUT2D eigenvalue weighted by Gasteiger charge is -2.32. The smallest absolute Gasteiger partial charge is 0.214 e. The van der Waals surface area contributed by atoms with Gasteiger partial charge in [0.15, 0.2) is 0 Å². The summed E-state index contributed by atoms with van der Waals surface area (Å²) in [4.78, 5) is 9.54. The summed E-state index contributed by atoms with van der Waals surface area (Å²) in [6, 6.07) is 17.4. The molecule has 0 aliphatic carbocycles. The van der Waals surface area contributed by atoms with Crippen LogP contribution in [0.3, 0.4) is 0 Å². The lowest BCUT2D eigenvalue weighted by Crippen LogP contribution is -2.46. The van der Waals surface area contributed by atoms with Gasteiger partial charge < -0.3 is 14.6 Å². The van der Waals surface area contributed by atoms with Crippen molar-refractivity contribution in [1.29, 1.82) is 5.26 Å². The molecule has 0 bridgehead atoms. The Morgan fingerprint density at radius 3 is 2.76 bits per heavy atom. The highest BCUT2D eigenvalue weighted by atomic mass is 32.2. The van der Waals surface area contributed by atoms with Gasteiger partial charge in [-0.25, -0.2) is 13.4 Å². The number of benzene rings is 2. The van der Waals surface area contributed by atoms with Crippen LogP contribution in [-0.4, -0.2) is 54.7 Å². The number of methoxy groups -OCH3 is 1. The van der Waals surface area contributed by atoms with Crippen molar-refractivity contribution in [2.45, 2.75) is 32.0 Å². The van der Waals surface area contributed by atoms with Gasteiger partial charge in [0.1, 0.15) is 0 Å². The van der Waals surface area contributed by atoms with Gasteiger partial charge in [-0.2, -0.15) is 9.57 Å². The SMILES string of the molecule is COCCCS(=O)(=O)N1Cc2cc(C#N)ccc2N(Cc2c[nH]cn2)CC1Cc1ccccc1. The first kappa shape index (κ1) is 24.0. The minimum absolute atomic E-state index is 0.0127. The van der Waals surface area contributed by atoms with Crippen LogP contribution in [0.2, 0.25) is 0 Å². The summed E-state index contributed by atoms with van der Waals surface area (Å²) in [6.45, 7) is 1.64. The van der Waals surface area contributed by atoms with Crippen molar-refractivity contribution in [2.24, 2.45) is 0 Å². The highest BCUT2D eigenvalue weighted by Crippen LogP contribution is 2.32. The average Bonchev–Trinajstić information content (AvgIpc) is 3.30. The van der Waals surface area contributed by atoms with E-state index in [1.54, 1.807) is 29.9 Å². The molecule has 1 N–H and O–H groups in total. The standard InChI is InChI=1S/C25H29N5O3S/c1-33-10-5-11-34(31,32)30-16-22-12-21(14-26)8-9-25(22)29(17-23-15-27-19-28-23)18-24(30)13-20-6-3-2-4-7-20/h2-4,6-9,12,15,19,24H,5,10-11,13,16-18H2,1H3,(H,27,28). The second-order valence-corrected chi connectivity index (χ2v) is 10.5. The van der Waals surface area contributed by atoms with E-state index in [0.29, 0.717) is 38.1 Å². The Hall–Kier alpha value is -3.19. The maximum absolute atomic E-state index is 13.6. The van der Waals surface area contributed by atoms with Gasteiger partial charge in [-0.1, -0.05) is 30.3 Å². The summed E-state index contributed by atoms with van der Waals surface area (Å²) in [7, 11) is -2.00. The maximum atomic E-state index is 13.6. The predicted octanol–water partition coefficient (Wildman–Crippen LogP) is 3.08. The number of anilines is 1. The minimum atomic E-state index is -3.57. The summed E-state index contributed by atoms with van der Waals surface area (Å²) in [5, 5.41) is 9.48. The highest BCUT2D eigenvalue weighted by molar-refractivity contribution is 7.89. The zero-order valence-corrected chi connectivity index (χ0v) is 20.0. The number of imidazole rings is 1. The number of hydrogen-bond donors (Lipinski definition) is 1. The number of rotatable bonds is 9. The second-order valence-electron chi connectivity index (χ2n) is 8.45. The van der Waals surface area contributed by atoms with E-state index >= 15 is 0 Å². The third-order valence-corrected chi connectivity index (χ3v) is 7.99.